The van der Waals surface area contributed by atoms with Crippen molar-refractivity contribution in [2.75, 3.05) is 13.2 Å². The highest BCUT2D eigenvalue weighted by molar-refractivity contribution is 5.39. The van der Waals surface area contributed by atoms with Crippen molar-refractivity contribution in [3.05, 3.63) is 29.8 Å². The monoisotopic (exact) mass is 277 g/mol. The number of hydrogen-bond donors (Lipinski definition) is 2. The van der Waals surface area contributed by atoms with Gasteiger partial charge in [-0.15, -0.1) is 0 Å². The summed E-state index contributed by atoms with van der Waals surface area (Å²) in [6.45, 7) is 5.36. The molecular weight excluding hydrogens is 254 g/mol. The molecule has 0 aromatic heterocycles. The summed E-state index contributed by atoms with van der Waals surface area (Å²) in [5.74, 6) is 0.797. The molecule has 0 radical (unpaired) electrons. The largest absolute Gasteiger partial charge is 0.491 e. The van der Waals surface area contributed by atoms with Gasteiger partial charge in [0.25, 0.3) is 0 Å². The molecule has 2 bridgehead atoms. The normalized spacial score (nSPS) is 33.2. The summed E-state index contributed by atoms with van der Waals surface area (Å²) in [4.78, 5) is 0. The summed E-state index contributed by atoms with van der Waals surface area (Å²) in [6, 6.07) is 8.30. The third-order valence-corrected chi connectivity index (χ3v) is 4.03. The van der Waals surface area contributed by atoms with E-state index in [4.69, 9.17) is 9.47 Å². The molecule has 0 saturated carbocycles. The zero-order valence-corrected chi connectivity index (χ0v) is 12.1. The maximum atomic E-state index is 11.2. The molecule has 0 amide bonds. The molecule has 1 aromatic rings. The molecule has 1 aromatic carbocycles. The zero-order chi connectivity index (χ0) is 14.2. The minimum Gasteiger partial charge on any atom is -0.491 e. The first kappa shape index (κ1) is 13.9. The summed E-state index contributed by atoms with van der Waals surface area (Å²) in [5, 5.41) is 14.7. The topological polar surface area (TPSA) is 50.7 Å². The van der Waals surface area contributed by atoms with Crippen LogP contribution in [0, 0.1) is 0 Å². The number of hydrogen-bond acceptors (Lipinski definition) is 4. The van der Waals surface area contributed by atoms with Crippen molar-refractivity contribution in [2.24, 2.45) is 0 Å². The van der Waals surface area contributed by atoms with E-state index in [-0.39, 0.29) is 18.2 Å². The van der Waals surface area contributed by atoms with Crippen LogP contribution in [0.1, 0.15) is 32.3 Å². The fourth-order valence-corrected chi connectivity index (χ4v) is 3.34. The third-order valence-electron chi connectivity index (χ3n) is 4.03. The number of para-hydroxylation sites is 1. The van der Waals surface area contributed by atoms with Crippen LogP contribution < -0.4 is 10.1 Å². The molecule has 2 atom stereocenters. The summed E-state index contributed by atoms with van der Waals surface area (Å²) in [5.41, 5.74) is 0.0858. The Balaban J connectivity index is 1.91. The van der Waals surface area contributed by atoms with E-state index in [1.807, 2.05) is 38.1 Å². The van der Waals surface area contributed by atoms with E-state index < -0.39 is 5.60 Å². The number of piperidine rings is 1. The van der Waals surface area contributed by atoms with Gasteiger partial charge in [0.2, 0.25) is 0 Å². The van der Waals surface area contributed by atoms with E-state index >= 15 is 0 Å². The Hall–Kier alpha value is -1.10. The predicted molar refractivity (Wildman–Crippen MR) is 76.9 cm³/mol. The van der Waals surface area contributed by atoms with Crippen LogP contribution in [0.3, 0.4) is 0 Å². The SMILES string of the molecule is CC(C)Oc1ccccc1C1(O)CC2COCC(C1)N2. The van der Waals surface area contributed by atoms with Gasteiger partial charge in [0, 0.05) is 17.6 Å². The standard InChI is InChI=1S/C16H23NO3/c1-11(2)20-15-6-4-3-5-14(15)16(18)7-12-9-19-10-13(8-16)17-12/h3-6,11-13,17-18H,7-10H2,1-2H3. The Kier molecular flexibility index (Phi) is 3.71. The van der Waals surface area contributed by atoms with Gasteiger partial charge in [-0.1, -0.05) is 18.2 Å². The first-order chi connectivity index (χ1) is 9.57. The van der Waals surface area contributed by atoms with Gasteiger partial charge in [-0.05, 0) is 32.8 Å². The summed E-state index contributed by atoms with van der Waals surface area (Å²) >= 11 is 0. The second-order valence-corrected chi connectivity index (χ2v) is 6.20. The van der Waals surface area contributed by atoms with Crippen molar-refractivity contribution >= 4 is 0 Å². The van der Waals surface area contributed by atoms with Crippen LogP contribution in [0.5, 0.6) is 5.75 Å². The second kappa shape index (κ2) is 5.35. The van der Waals surface area contributed by atoms with Gasteiger partial charge in [-0.25, -0.2) is 0 Å². The van der Waals surface area contributed by atoms with Crippen LogP contribution in [0.4, 0.5) is 0 Å². The average molecular weight is 277 g/mol. The summed E-state index contributed by atoms with van der Waals surface area (Å²) in [7, 11) is 0. The van der Waals surface area contributed by atoms with E-state index in [0.29, 0.717) is 26.1 Å². The molecule has 2 fully saturated rings. The molecule has 4 nitrogen and oxygen atoms in total. The van der Waals surface area contributed by atoms with Crippen molar-refractivity contribution in [1.82, 2.24) is 5.32 Å². The van der Waals surface area contributed by atoms with E-state index in [1.165, 1.54) is 0 Å². The van der Waals surface area contributed by atoms with Gasteiger partial charge in [-0.2, -0.15) is 0 Å². The number of morpholine rings is 1. The Bertz CT molecular complexity index is 463. The lowest BCUT2D eigenvalue weighted by molar-refractivity contribution is -0.0814. The number of rotatable bonds is 3. The molecule has 2 aliphatic heterocycles. The fourth-order valence-electron chi connectivity index (χ4n) is 3.34. The molecule has 2 unspecified atom stereocenters. The quantitative estimate of drug-likeness (QED) is 0.885. The van der Waals surface area contributed by atoms with E-state index in [0.717, 1.165) is 11.3 Å². The molecule has 2 heterocycles. The van der Waals surface area contributed by atoms with Crippen LogP contribution in [0.25, 0.3) is 0 Å². The lowest BCUT2D eigenvalue weighted by Gasteiger charge is -2.45. The lowest BCUT2D eigenvalue weighted by Crippen LogP contribution is -2.58. The molecule has 0 spiro atoms. The third kappa shape index (κ3) is 2.68. The summed E-state index contributed by atoms with van der Waals surface area (Å²) in [6.07, 6.45) is 1.44. The van der Waals surface area contributed by atoms with Gasteiger partial charge < -0.3 is 19.9 Å². The first-order valence-corrected chi connectivity index (χ1v) is 7.39. The maximum Gasteiger partial charge on any atom is 0.125 e. The second-order valence-electron chi connectivity index (χ2n) is 6.20. The van der Waals surface area contributed by atoms with Gasteiger partial charge in [0.1, 0.15) is 5.75 Å². The average Bonchev–Trinajstić information content (AvgIpc) is 2.37. The molecule has 2 saturated heterocycles. The highest BCUT2D eigenvalue weighted by Gasteiger charge is 2.43. The van der Waals surface area contributed by atoms with Crippen molar-refractivity contribution in [2.45, 2.75) is 50.5 Å². The van der Waals surface area contributed by atoms with Crippen LogP contribution in [-0.4, -0.2) is 36.5 Å². The number of ether oxygens (including phenoxy) is 2. The van der Waals surface area contributed by atoms with Crippen molar-refractivity contribution in [3.63, 3.8) is 0 Å². The Morgan fingerprint density at radius 3 is 2.55 bits per heavy atom. The number of nitrogens with one attached hydrogen (secondary N) is 1. The van der Waals surface area contributed by atoms with Gasteiger partial charge in [0.15, 0.2) is 0 Å². The van der Waals surface area contributed by atoms with Crippen LogP contribution >= 0.6 is 0 Å². The highest BCUT2D eigenvalue weighted by atomic mass is 16.5. The molecule has 4 heteroatoms. The molecule has 3 rings (SSSR count). The van der Waals surface area contributed by atoms with Crippen LogP contribution in [-0.2, 0) is 10.3 Å². The smallest absolute Gasteiger partial charge is 0.125 e. The molecule has 110 valence electrons. The minimum atomic E-state index is -0.824. The number of fused-ring (bicyclic) bond motifs is 2. The zero-order valence-electron chi connectivity index (χ0n) is 12.1. The van der Waals surface area contributed by atoms with Crippen molar-refractivity contribution in [3.8, 4) is 5.75 Å². The molecule has 2 N–H and O–H groups in total. The van der Waals surface area contributed by atoms with Gasteiger partial charge in [0.05, 0.1) is 24.9 Å². The van der Waals surface area contributed by atoms with E-state index in [9.17, 15) is 5.11 Å². The maximum absolute atomic E-state index is 11.2. The molecular formula is C16H23NO3. The molecule has 0 aliphatic carbocycles. The molecule has 20 heavy (non-hydrogen) atoms. The van der Waals surface area contributed by atoms with E-state index in [2.05, 4.69) is 5.32 Å². The Morgan fingerprint density at radius 1 is 1.25 bits per heavy atom. The predicted octanol–water partition coefficient (Wildman–Crippen LogP) is 1.81. The Labute approximate surface area is 120 Å². The lowest BCUT2D eigenvalue weighted by atomic mass is 9.78. The van der Waals surface area contributed by atoms with Crippen LogP contribution in [0.2, 0.25) is 0 Å². The van der Waals surface area contributed by atoms with Gasteiger partial charge in [-0.3, -0.25) is 0 Å². The van der Waals surface area contributed by atoms with Crippen molar-refractivity contribution < 1.29 is 14.6 Å². The Morgan fingerprint density at radius 2 is 1.90 bits per heavy atom. The minimum absolute atomic E-state index is 0.101. The van der Waals surface area contributed by atoms with Gasteiger partial charge >= 0.3 is 0 Å². The summed E-state index contributed by atoms with van der Waals surface area (Å²) < 4.78 is 11.4. The van der Waals surface area contributed by atoms with Crippen LogP contribution in [0.15, 0.2) is 24.3 Å². The fraction of sp³-hybridized carbons (Fsp3) is 0.625. The number of aliphatic hydroxyl groups is 1. The highest BCUT2D eigenvalue weighted by Crippen LogP contribution is 2.40. The van der Waals surface area contributed by atoms with Crippen molar-refractivity contribution in [1.29, 1.82) is 0 Å². The molecule has 2 aliphatic rings. The number of benzene rings is 1. The van der Waals surface area contributed by atoms with E-state index in [1.54, 1.807) is 0 Å². The first-order valence-electron chi connectivity index (χ1n) is 7.39.